The first-order chi connectivity index (χ1) is 12.3. The van der Waals surface area contributed by atoms with Crippen LogP contribution in [0.2, 0.25) is 0 Å². The van der Waals surface area contributed by atoms with Crippen LogP contribution < -0.4 is 0 Å². The van der Waals surface area contributed by atoms with Gasteiger partial charge in [-0.1, -0.05) is 12.1 Å². The van der Waals surface area contributed by atoms with Crippen molar-refractivity contribution in [1.29, 1.82) is 5.26 Å². The third kappa shape index (κ3) is 4.52. The Kier molecular flexibility index (Phi) is 5.55. The predicted molar refractivity (Wildman–Crippen MR) is 98.2 cm³/mol. The minimum absolute atomic E-state index is 0.0371. The number of thiophene rings is 1. The molecular formula is C20H17N3OS. The molecule has 5 heteroatoms. The fourth-order valence-electron chi connectivity index (χ4n) is 2.53. The van der Waals surface area contributed by atoms with Gasteiger partial charge in [-0.25, -0.2) is 0 Å². The summed E-state index contributed by atoms with van der Waals surface area (Å²) in [5.41, 5.74) is 2.14. The van der Waals surface area contributed by atoms with Gasteiger partial charge >= 0.3 is 0 Å². The van der Waals surface area contributed by atoms with E-state index in [1.807, 2.05) is 28.5 Å². The fraction of sp³-hybridized carbons (Fsp3) is 0.150. The Morgan fingerprint density at radius 1 is 1.16 bits per heavy atom. The smallest absolute Gasteiger partial charge is 0.254 e. The van der Waals surface area contributed by atoms with Crippen LogP contribution in [-0.2, 0) is 13.0 Å². The van der Waals surface area contributed by atoms with E-state index in [9.17, 15) is 4.79 Å². The lowest BCUT2D eigenvalue weighted by atomic mass is 10.1. The zero-order chi connectivity index (χ0) is 17.5. The number of nitrogens with zero attached hydrogens (tertiary/aromatic N) is 3. The van der Waals surface area contributed by atoms with E-state index in [1.54, 1.807) is 48.0 Å². The molecule has 124 valence electrons. The Morgan fingerprint density at radius 3 is 2.64 bits per heavy atom. The molecule has 0 spiro atoms. The number of rotatable bonds is 6. The van der Waals surface area contributed by atoms with Gasteiger partial charge in [0.15, 0.2) is 0 Å². The van der Waals surface area contributed by atoms with Crippen LogP contribution in [-0.4, -0.2) is 22.3 Å². The van der Waals surface area contributed by atoms with Gasteiger partial charge in [0.1, 0.15) is 0 Å². The molecule has 1 aromatic carbocycles. The first kappa shape index (κ1) is 16.9. The molecule has 2 aromatic heterocycles. The predicted octanol–water partition coefficient (Wildman–Crippen LogP) is 3.90. The third-order valence-electron chi connectivity index (χ3n) is 3.85. The van der Waals surface area contributed by atoms with Crippen molar-refractivity contribution in [3.63, 3.8) is 0 Å². The lowest BCUT2D eigenvalue weighted by molar-refractivity contribution is 0.0745. The molecular weight excluding hydrogens is 330 g/mol. The topological polar surface area (TPSA) is 57.0 Å². The Morgan fingerprint density at radius 2 is 2.00 bits per heavy atom. The molecule has 0 N–H and O–H groups in total. The maximum Gasteiger partial charge on any atom is 0.254 e. The van der Waals surface area contributed by atoms with E-state index in [0.29, 0.717) is 24.2 Å². The van der Waals surface area contributed by atoms with Crippen LogP contribution in [0.3, 0.4) is 0 Å². The molecule has 0 radical (unpaired) electrons. The summed E-state index contributed by atoms with van der Waals surface area (Å²) in [6.07, 6.45) is 4.33. The average molecular weight is 347 g/mol. The highest BCUT2D eigenvalue weighted by molar-refractivity contribution is 7.09. The van der Waals surface area contributed by atoms with Crippen molar-refractivity contribution in [2.45, 2.75) is 13.0 Å². The zero-order valence-corrected chi connectivity index (χ0v) is 14.4. The molecule has 4 nitrogen and oxygen atoms in total. The summed E-state index contributed by atoms with van der Waals surface area (Å²) < 4.78 is 0. The van der Waals surface area contributed by atoms with Crippen molar-refractivity contribution in [3.05, 3.63) is 87.9 Å². The normalized spacial score (nSPS) is 10.2. The van der Waals surface area contributed by atoms with E-state index >= 15 is 0 Å². The molecule has 0 unspecified atom stereocenters. The van der Waals surface area contributed by atoms with Gasteiger partial charge in [-0.05, 0) is 53.8 Å². The van der Waals surface area contributed by atoms with E-state index < -0.39 is 0 Å². The number of hydrogen-bond acceptors (Lipinski definition) is 4. The molecule has 0 aliphatic rings. The molecule has 0 atom stereocenters. The van der Waals surface area contributed by atoms with E-state index in [0.717, 1.165) is 12.0 Å². The van der Waals surface area contributed by atoms with Crippen LogP contribution in [0.1, 0.15) is 26.4 Å². The molecule has 0 saturated carbocycles. The zero-order valence-electron chi connectivity index (χ0n) is 13.6. The third-order valence-corrected chi connectivity index (χ3v) is 4.79. The standard InChI is InChI=1S/C20H17N3OS/c21-13-16-5-7-18(8-6-16)20(24)23(11-9-19-4-2-12-25-19)15-17-3-1-10-22-14-17/h1-8,10,12,14H,9,11,15H2. The summed E-state index contributed by atoms with van der Waals surface area (Å²) in [5, 5.41) is 11.0. The van der Waals surface area contributed by atoms with Gasteiger partial charge < -0.3 is 4.90 Å². The van der Waals surface area contributed by atoms with Gasteiger partial charge in [0.2, 0.25) is 0 Å². The van der Waals surface area contributed by atoms with Crippen molar-refractivity contribution in [2.24, 2.45) is 0 Å². The number of pyridine rings is 1. The Labute approximate surface area is 151 Å². The average Bonchev–Trinajstić information content (AvgIpc) is 3.19. The van der Waals surface area contributed by atoms with Crippen molar-refractivity contribution in [3.8, 4) is 6.07 Å². The first-order valence-electron chi connectivity index (χ1n) is 7.97. The largest absolute Gasteiger partial charge is 0.334 e. The van der Waals surface area contributed by atoms with Crippen LogP contribution in [0.25, 0.3) is 0 Å². The minimum Gasteiger partial charge on any atom is -0.334 e. The summed E-state index contributed by atoms with van der Waals surface area (Å²) >= 11 is 1.70. The van der Waals surface area contributed by atoms with Gasteiger partial charge in [0.05, 0.1) is 11.6 Å². The highest BCUT2D eigenvalue weighted by atomic mass is 32.1. The molecule has 25 heavy (non-hydrogen) atoms. The van der Waals surface area contributed by atoms with E-state index in [-0.39, 0.29) is 5.91 Å². The summed E-state index contributed by atoms with van der Waals surface area (Å²) in [6, 6.07) is 16.8. The maximum absolute atomic E-state index is 12.9. The highest BCUT2D eigenvalue weighted by Crippen LogP contribution is 2.14. The van der Waals surface area contributed by atoms with Crippen LogP contribution in [0.4, 0.5) is 0 Å². The number of carbonyl (C=O) groups is 1. The Balaban J connectivity index is 1.78. The molecule has 0 saturated heterocycles. The molecule has 1 amide bonds. The monoisotopic (exact) mass is 347 g/mol. The summed E-state index contributed by atoms with van der Waals surface area (Å²) in [5.74, 6) is -0.0371. The van der Waals surface area contributed by atoms with Crippen molar-refractivity contribution in [1.82, 2.24) is 9.88 Å². The van der Waals surface area contributed by atoms with Crippen molar-refractivity contribution >= 4 is 17.2 Å². The van der Waals surface area contributed by atoms with Gasteiger partial charge in [0, 0.05) is 35.9 Å². The highest BCUT2D eigenvalue weighted by Gasteiger charge is 2.16. The summed E-state index contributed by atoms with van der Waals surface area (Å²) in [4.78, 5) is 20.1. The second-order valence-corrected chi connectivity index (χ2v) is 6.64. The Bertz CT molecular complexity index is 852. The molecule has 3 aromatic rings. The van der Waals surface area contributed by atoms with Crippen molar-refractivity contribution < 1.29 is 4.79 Å². The summed E-state index contributed by atoms with van der Waals surface area (Å²) in [7, 11) is 0. The van der Waals surface area contributed by atoms with Gasteiger partial charge in [0.25, 0.3) is 5.91 Å². The number of hydrogen-bond donors (Lipinski definition) is 0. The Hall–Kier alpha value is -2.97. The van der Waals surface area contributed by atoms with Gasteiger partial charge in [-0.2, -0.15) is 5.26 Å². The lowest BCUT2D eigenvalue weighted by Gasteiger charge is -2.22. The number of nitriles is 1. The quantitative estimate of drug-likeness (QED) is 0.679. The van der Waals surface area contributed by atoms with Crippen LogP contribution in [0.5, 0.6) is 0 Å². The van der Waals surface area contributed by atoms with E-state index in [1.165, 1.54) is 4.88 Å². The molecule has 0 aliphatic carbocycles. The molecule has 0 bridgehead atoms. The lowest BCUT2D eigenvalue weighted by Crippen LogP contribution is -2.32. The molecule has 0 fully saturated rings. The number of aromatic nitrogens is 1. The number of amides is 1. The van der Waals surface area contributed by atoms with E-state index in [2.05, 4.69) is 17.1 Å². The first-order valence-corrected chi connectivity index (χ1v) is 8.85. The SMILES string of the molecule is N#Cc1ccc(C(=O)N(CCc2cccs2)Cc2cccnc2)cc1. The second kappa shape index (κ2) is 8.22. The second-order valence-electron chi connectivity index (χ2n) is 5.61. The van der Waals surface area contributed by atoms with Crippen LogP contribution in [0, 0.1) is 11.3 Å². The molecule has 0 aliphatic heterocycles. The fourth-order valence-corrected chi connectivity index (χ4v) is 3.23. The van der Waals surface area contributed by atoms with Crippen LogP contribution >= 0.6 is 11.3 Å². The number of benzene rings is 1. The molecule has 3 rings (SSSR count). The van der Waals surface area contributed by atoms with Crippen LogP contribution in [0.15, 0.2) is 66.3 Å². The minimum atomic E-state index is -0.0371. The van der Waals surface area contributed by atoms with Crippen molar-refractivity contribution in [2.75, 3.05) is 6.54 Å². The maximum atomic E-state index is 12.9. The summed E-state index contributed by atoms with van der Waals surface area (Å²) in [6.45, 7) is 1.15. The number of carbonyl (C=O) groups excluding carboxylic acids is 1. The molecule has 2 heterocycles. The van der Waals surface area contributed by atoms with Gasteiger partial charge in [-0.3, -0.25) is 9.78 Å². The van der Waals surface area contributed by atoms with E-state index in [4.69, 9.17) is 5.26 Å². The van der Waals surface area contributed by atoms with Gasteiger partial charge in [-0.15, -0.1) is 11.3 Å².